The molecule has 0 bridgehead atoms. The lowest BCUT2D eigenvalue weighted by Crippen LogP contribution is -2.28. The Morgan fingerprint density at radius 3 is 3.10 bits per heavy atom. The van der Waals surface area contributed by atoms with Crippen LogP contribution >= 0.6 is 11.6 Å². The van der Waals surface area contributed by atoms with Gasteiger partial charge in [-0.3, -0.25) is 9.36 Å². The number of nitrogens with zero attached hydrogens (tertiary/aromatic N) is 2. The van der Waals surface area contributed by atoms with Gasteiger partial charge in [0.2, 0.25) is 0 Å². The molecule has 0 aliphatic carbocycles. The van der Waals surface area contributed by atoms with Crippen molar-refractivity contribution in [3.8, 4) is 5.75 Å². The number of benzene rings is 1. The second kappa shape index (κ2) is 5.17. The van der Waals surface area contributed by atoms with Crippen LogP contribution in [0.4, 0.5) is 5.69 Å². The van der Waals surface area contributed by atoms with Gasteiger partial charge < -0.3 is 10.5 Å². The summed E-state index contributed by atoms with van der Waals surface area (Å²) >= 11 is 5.74. The standard InChI is InChI=1S/C14H14ClN3O2/c15-13-12(16)14(19)18(8-17-13)7-9-5-6-20-11-4-2-1-3-10(9)11/h1-4,8-9H,5-7,16H2. The topological polar surface area (TPSA) is 70.1 Å². The van der Waals surface area contributed by atoms with Crippen molar-refractivity contribution in [1.29, 1.82) is 0 Å². The Bertz CT molecular complexity index is 699. The summed E-state index contributed by atoms with van der Waals surface area (Å²) in [6.07, 6.45) is 2.30. The fourth-order valence-corrected chi connectivity index (χ4v) is 2.58. The summed E-state index contributed by atoms with van der Waals surface area (Å²) < 4.78 is 7.12. The molecule has 0 fully saturated rings. The first-order valence-electron chi connectivity index (χ1n) is 6.39. The van der Waals surface area contributed by atoms with Gasteiger partial charge in [0.15, 0.2) is 5.15 Å². The molecule has 2 N–H and O–H groups in total. The lowest BCUT2D eigenvalue weighted by molar-refractivity contribution is 0.258. The molecule has 104 valence electrons. The molecule has 1 aromatic heterocycles. The molecule has 1 unspecified atom stereocenters. The number of aromatic nitrogens is 2. The van der Waals surface area contributed by atoms with Crippen LogP contribution in [-0.4, -0.2) is 16.2 Å². The second-order valence-electron chi connectivity index (χ2n) is 4.78. The molecule has 2 aromatic rings. The second-order valence-corrected chi connectivity index (χ2v) is 5.14. The number of hydrogen-bond donors (Lipinski definition) is 1. The zero-order valence-corrected chi connectivity index (χ0v) is 11.5. The van der Waals surface area contributed by atoms with Crippen molar-refractivity contribution in [2.24, 2.45) is 0 Å². The van der Waals surface area contributed by atoms with Crippen molar-refractivity contribution >= 4 is 17.3 Å². The van der Waals surface area contributed by atoms with Gasteiger partial charge in [-0.2, -0.15) is 0 Å². The predicted octanol–water partition coefficient (Wildman–Crippen LogP) is 2.05. The number of fused-ring (bicyclic) bond motifs is 1. The largest absolute Gasteiger partial charge is 0.493 e. The molecular formula is C14H14ClN3O2. The Labute approximate surface area is 121 Å². The third kappa shape index (κ3) is 2.25. The third-order valence-electron chi connectivity index (χ3n) is 3.52. The van der Waals surface area contributed by atoms with Crippen LogP contribution in [-0.2, 0) is 6.54 Å². The van der Waals surface area contributed by atoms with Gasteiger partial charge in [0.1, 0.15) is 11.4 Å². The number of ether oxygens (including phenoxy) is 1. The number of hydrogen-bond acceptors (Lipinski definition) is 4. The van der Waals surface area contributed by atoms with E-state index < -0.39 is 0 Å². The molecule has 0 amide bonds. The smallest absolute Gasteiger partial charge is 0.278 e. The van der Waals surface area contributed by atoms with Crippen LogP contribution in [0, 0.1) is 0 Å². The molecule has 0 saturated heterocycles. The molecule has 0 radical (unpaired) electrons. The summed E-state index contributed by atoms with van der Waals surface area (Å²) in [5, 5.41) is 0.0543. The Morgan fingerprint density at radius 1 is 1.45 bits per heavy atom. The highest BCUT2D eigenvalue weighted by atomic mass is 35.5. The van der Waals surface area contributed by atoms with E-state index in [1.165, 1.54) is 10.9 Å². The molecule has 6 heteroatoms. The zero-order valence-electron chi connectivity index (χ0n) is 10.8. The lowest BCUT2D eigenvalue weighted by atomic mass is 9.93. The maximum Gasteiger partial charge on any atom is 0.278 e. The highest BCUT2D eigenvalue weighted by Gasteiger charge is 2.22. The lowest BCUT2D eigenvalue weighted by Gasteiger charge is -2.26. The molecule has 1 aliphatic heterocycles. The zero-order chi connectivity index (χ0) is 14.1. The van der Waals surface area contributed by atoms with Crippen molar-refractivity contribution < 1.29 is 4.74 Å². The molecule has 1 aliphatic rings. The minimum absolute atomic E-state index is 0.00508. The average Bonchev–Trinajstić information content (AvgIpc) is 2.48. The average molecular weight is 292 g/mol. The first kappa shape index (κ1) is 13.0. The highest BCUT2D eigenvalue weighted by Crippen LogP contribution is 2.34. The SMILES string of the molecule is Nc1c(Cl)ncn(CC2CCOc3ccccc32)c1=O. The minimum atomic E-state index is -0.297. The van der Waals surface area contributed by atoms with Crippen LogP contribution in [0.1, 0.15) is 17.9 Å². The Hall–Kier alpha value is -2.01. The summed E-state index contributed by atoms with van der Waals surface area (Å²) in [5.74, 6) is 1.09. The number of nitrogens with two attached hydrogens (primary N) is 1. The number of rotatable bonds is 2. The Morgan fingerprint density at radius 2 is 2.25 bits per heavy atom. The van der Waals surface area contributed by atoms with E-state index in [0.29, 0.717) is 13.2 Å². The molecule has 1 atom stereocenters. The number of anilines is 1. The fraction of sp³-hybridized carbons (Fsp3) is 0.286. The van der Waals surface area contributed by atoms with E-state index >= 15 is 0 Å². The summed E-state index contributed by atoms with van der Waals surface area (Å²) in [6, 6.07) is 7.88. The Balaban J connectivity index is 1.94. The van der Waals surface area contributed by atoms with Crippen LogP contribution in [0.15, 0.2) is 35.4 Å². The molecule has 0 saturated carbocycles. The van der Waals surface area contributed by atoms with Crippen molar-refractivity contribution in [3.63, 3.8) is 0 Å². The number of nitrogen functional groups attached to an aromatic ring is 1. The van der Waals surface area contributed by atoms with Gasteiger partial charge >= 0.3 is 0 Å². The van der Waals surface area contributed by atoms with E-state index in [-0.39, 0.29) is 22.3 Å². The number of halogens is 1. The van der Waals surface area contributed by atoms with Crippen LogP contribution in [0.5, 0.6) is 5.75 Å². The van der Waals surface area contributed by atoms with Crippen molar-refractivity contribution in [1.82, 2.24) is 9.55 Å². The van der Waals surface area contributed by atoms with Crippen LogP contribution in [0.3, 0.4) is 0 Å². The third-order valence-corrected chi connectivity index (χ3v) is 3.82. The van der Waals surface area contributed by atoms with Crippen molar-refractivity contribution in [3.05, 3.63) is 51.7 Å². The quantitative estimate of drug-likeness (QED) is 0.860. The van der Waals surface area contributed by atoms with Crippen LogP contribution in [0.25, 0.3) is 0 Å². The van der Waals surface area contributed by atoms with Gasteiger partial charge in [0.25, 0.3) is 5.56 Å². The number of para-hydroxylation sites is 1. The van der Waals surface area contributed by atoms with E-state index in [9.17, 15) is 4.79 Å². The van der Waals surface area contributed by atoms with Crippen molar-refractivity contribution in [2.45, 2.75) is 18.9 Å². The summed E-state index contributed by atoms with van der Waals surface area (Å²) in [6.45, 7) is 1.17. The maximum atomic E-state index is 12.1. The fourth-order valence-electron chi connectivity index (χ4n) is 2.46. The molecule has 5 nitrogen and oxygen atoms in total. The molecule has 20 heavy (non-hydrogen) atoms. The van der Waals surface area contributed by atoms with E-state index in [1.54, 1.807) is 0 Å². The first-order chi connectivity index (χ1) is 9.66. The van der Waals surface area contributed by atoms with Crippen LogP contribution in [0.2, 0.25) is 5.15 Å². The monoisotopic (exact) mass is 291 g/mol. The van der Waals surface area contributed by atoms with Gasteiger partial charge in [-0.05, 0) is 18.1 Å². The summed E-state index contributed by atoms with van der Waals surface area (Å²) in [7, 11) is 0. The van der Waals surface area contributed by atoms with Crippen molar-refractivity contribution in [2.75, 3.05) is 12.3 Å². The Kier molecular flexibility index (Phi) is 3.36. The summed E-state index contributed by atoms with van der Waals surface area (Å²) in [5.41, 5.74) is 6.44. The predicted molar refractivity (Wildman–Crippen MR) is 77.2 cm³/mol. The van der Waals surface area contributed by atoms with Gasteiger partial charge in [-0.1, -0.05) is 29.8 Å². The van der Waals surface area contributed by atoms with E-state index in [0.717, 1.165) is 17.7 Å². The molecule has 0 spiro atoms. The first-order valence-corrected chi connectivity index (χ1v) is 6.76. The van der Waals surface area contributed by atoms with E-state index in [4.69, 9.17) is 22.1 Å². The normalized spacial score (nSPS) is 17.4. The van der Waals surface area contributed by atoms with E-state index in [2.05, 4.69) is 4.98 Å². The van der Waals surface area contributed by atoms with E-state index in [1.807, 2.05) is 24.3 Å². The van der Waals surface area contributed by atoms with Crippen LogP contribution < -0.4 is 16.0 Å². The van der Waals surface area contributed by atoms with Gasteiger partial charge in [0, 0.05) is 12.5 Å². The molecular weight excluding hydrogens is 278 g/mol. The van der Waals surface area contributed by atoms with Gasteiger partial charge in [0.05, 0.1) is 12.9 Å². The minimum Gasteiger partial charge on any atom is -0.493 e. The summed E-state index contributed by atoms with van der Waals surface area (Å²) in [4.78, 5) is 16.0. The highest BCUT2D eigenvalue weighted by molar-refractivity contribution is 6.31. The van der Waals surface area contributed by atoms with Gasteiger partial charge in [-0.25, -0.2) is 4.98 Å². The molecule has 3 rings (SSSR count). The molecule has 1 aromatic carbocycles. The maximum absolute atomic E-state index is 12.1. The molecule has 2 heterocycles. The van der Waals surface area contributed by atoms with Gasteiger partial charge in [-0.15, -0.1) is 0 Å².